The van der Waals surface area contributed by atoms with Crippen molar-refractivity contribution in [1.29, 1.82) is 0 Å². The first-order valence-corrected chi connectivity index (χ1v) is 8.34. The maximum Gasteiger partial charge on any atom is 0.168 e. The molecule has 0 saturated carbocycles. The highest BCUT2D eigenvalue weighted by Crippen LogP contribution is 2.23. The molecule has 0 bridgehead atoms. The standard InChI is InChI=1S/C18H24N6/c1-12(2)19-11-16-22-17(21-13(3)4)15-10-20-24(18(15)23-16)14-8-6-5-7-9-14/h5-10,12-13,19H,11H2,1-4H3,(H,21,22,23). The fraction of sp³-hybridized carbons (Fsp3) is 0.389. The van der Waals surface area contributed by atoms with Crippen LogP contribution < -0.4 is 10.6 Å². The molecule has 3 rings (SSSR count). The van der Waals surface area contributed by atoms with Crippen LogP contribution >= 0.6 is 0 Å². The van der Waals surface area contributed by atoms with Crippen molar-refractivity contribution in [3.8, 4) is 5.69 Å². The van der Waals surface area contributed by atoms with Crippen LogP contribution in [0.5, 0.6) is 0 Å². The summed E-state index contributed by atoms with van der Waals surface area (Å²) in [5.41, 5.74) is 1.81. The van der Waals surface area contributed by atoms with Gasteiger partial charge in [0.05, 0.1) is 23.8 Å². The highest BCUT2D eigenvalue weighted by atomic mass is 15.3. The zero-order valence-corrected chi connectivity index (χ0v) is 14.6. The SMILES string of the molecule is CC(C)NCc1nc(NC(C)C)c2cnn(-c3ccccc3)c2n1. The third-order valence-corrected chi connectivity index (χ3v) is 3.57. The molecule has 0 aliphatic carbocycles. The third kappa shape index (κ3) is 3.54. The van der Waals surface area contributed by atoms with Crippen molar-refractivity contribution < 1.29 is 0 Å². The minimum Gasteiger partial charge on any atom is -0.367 e. The van der Waals surface area contributed by atoms with Gasteiger partial charge < -0.3 is 10.6 Å². The van der Waals surface area contributed by atoms with E-state index in [9.17, 15) is 0 Å². The molecular weight excluding hydrogens is 300 g/mol. The van der Waals surface area contributed by atoms with E-state index in [-0.39, 0.29) is 6.04 Å². The molecule has 0 atom stereocenters. The molecule has 0 unspecified atom stereocenters. The van der Waals surface area contributed by atoms with E-state index in [0.29, 0.717) is 12.6 Å². The Morgan fingerprint density at radius 3 is 2.42 bits per heavy atom. The summed E-state index contributed by atoms with van der Waals surface area (Å²) in [6.07, 6.45) is 1.83. The maximum atomic E-state index is 4.74. The quantitative estimate of drug-likeness (QED) is 0.729. The topological polar surface area (TPSA) is 67.7 Å². The second kappa shape index (κ2) is 6.97. The van der Waals surface area contributed by atoms with Crippen molar-refractivity contribution in [2.45, 2.75) is 46.3 Å². The Morgan fingerprint density at radius 1 is 1.00 bits per heavy atom. The van der Waals surface area contributed by atoms with Gasteiger partial charge in [0, 0.05) is 12.1 Å². The van der Waals surface area contributed by atoms with Gasteiger partial charge >= 0.3 is 0 Å². The summed E-state index contributed by atoms with van der Waals surface area (Å²) in [5, 5.41) is 12.2. The van der Waals surface area contributed by atoms with Crippen molar-refractivity contribution in [2.24, 2.45) is 0 Å². The van der Waals surface area contributed by atoms with Crippen molar-refractivity contribution in [3.63, 3.8) is 0 Å². The fourth-order valence-corrected chi connectivity index (χ4v) is 2.47. The number of benzene rings is 1. The molecule has 6 heteroatoms. The predicted octanol–water partition coefficient (Wildman–Crippen LogP) is 3.13. The second-order valence-electron chi connectivity index (χ2n) is 6.45. The van der Waals surface area contributed by atoms with Crippen molar-refractivity contribution in [1.82, 2.24) is 25.1 Å². The predicted molar refractivity (Wildman–Crippen MR) is 97.4 cm³/mol. The lowest BCUT2D eigenvalue weighted by Crippen LogP contribution is -2.24. The molecule has 3 aromatic rings. The zero-order valence-electron chi connectivity index (χ0n) is 14.6. The van der Waals surface area contributed by atoms with E-state index in [1.807, 2.05) is 41.2 Å². The van der Waals surface area contributed by atoms with Crippen molar-refractivity contribution >= 4 is 16.9 Å². The van der Waals surface area contributed by atoms with Gasteiger partial charge in [-0.25, -0.2) is 14.6 Å². The van der Waals surface area contributed by atoms with E-state index in [1.54, 1.807) is 0 Å². The first kappa shape index (κ1) is 16.4. The van der Waals surface area contributed by atoms with Crippen LogP contribution in [-0.2, 0) is 6.54 Å². The Kier molecular flexibility index (Phi) is 4.76. The summed E-state index contributed by atoms with van der Waals surface area (Å²) < 4.78 is 1.86. The van der Waals surface area contributed by atoms with Crippen LogP contribution in [0, 0.1) is 0 Å². The molecule has 6 nitrogen and oxygen atoms in total. The highest BCUT2D eigenvalue weighted by molar-refractivity contribution is 5.87. The average molecular weight is 324 g/mol. The average Bonchev–Trinajstić information content (AvgIpc) is 2.97. The number of aromatic nitrogens is 4. The number of anilines is 1. The van der Waals surface area contributed by atoms with Crippen LogP contribution in [0.3, 0.4) is 0 Å². The first-order chi connectivity index (χ1) is 11.5. The first-order valence-electron chi connectivity index (χ1n) is 8.34. The number of rotatable bonds is 6. The second-order valence-corrected chi connectivity index (χ2v) is 6.45. The normalized spacial score (nSPS) is 11.6. The molecule has 0 spiro atoms. The Morgan fingerprint density at radius 2 is 1.75 bits per heavy atom. The van der Waals surface area contributed by atoms with E-state index in [1.165, 1.54) is 0 Å². The summed E-state index contributed by atoms with van der Waals surface area (Å²) in [4.78, 5) is 9.42. The van der Waals surface area contributed by atoms with Crippen molar-refractivity contribution in [2.75, 3.05) is 5.32 Å². The van der Waals surface area contributed by atoms with Gasteiger partial charge in [0.1, 0.15) is 11.6 Å². The molecule has 0 aliphatic heterocycles. The van der Waals surface area contributed by atoms with E-state index in [4.69, 9.17) is 4.98 Å². The van der Waals surface area contributed by atoms with Gasteiger partial charge in [0.25, 0.3) is 0 Å². The van der Waals surface area contributed by atoms with Crippen LogP contribution in [-0.4, -0.2) is 31.8 Å². The van der Waals surface area contributed by atoms with E-state index in [0.717, 1.165) is 28.4 Å². The largest absolute Gasteiger partial charge is 0.367 e. The Hall–Kier alpha value is -2.47. The Balaban J connectivity index is 2.10. The van der Waals surface area contributed by atoms with Gasteiger partial charge in [-0.3, -0.25) is 0 Å². The zero-order chi connectivity index (χ0) is 17.1. The number of hydrogen-bond donors (Lipinski definition) is 2. The third-order valence-electron chi connectivity index (χ3n) is 3.57. The van der Waals surface area contributed by atoms with Gasteiger partial charge in [-0.1, -0.05) is 32.0 Å². The molecule has 2 heterocycles. The van der Waals surface area contributed by atoms with Crippen molar-refractivity contribution in [3.05, 3.63) is 42.4 Å². The van der Waals surface area contributed by atoms with Gasteiger partial charge in [0.2, 0.25) is 0 Å². The molecule has 0 aliphatic rings. The lowest BCUT2D eigenvalue weighted by Gasteiger charge is -2.13. The summed E-state index contributed by atoms with van der Waals surface area (Å²) in [5.74, 6) is 1.59. The fourth-order valence-electron chi connectivity index (χ4n) is 2.47. The van der Waals surface area contributed by atoms with Crippen LogP contribution in [0.25, 0.3) is 16.7 Å². The van der Waals surface area contributed by atoms with E-state index in [2.05, 4.69) is 48.4 Å². The monoisotopic (exact) mass is 324 g/mol. The molecule has 126 valence electrons. The van der Waals surface area contributed by atoms with Crippen LogP contribution in [0.2, 0.25) is 0 Å². The molecular formula is C18H24N6. The van der Waals surface area contributed by atoms with Crippen LogP contribution in [0.1, 0.15) is 33.5 Å². The van der Waals surface area contributed by atoms with Gasteiger partial charge in [-0.05, 0) is 26.0 Å². The number of para-hydroxylation sites is 1. The summed E-state index contributed by atoms with van der Waals surface area (Å²) >= 11 is 0. The highest BCUT2D eigenvalue weighted by Gasteiger charge is 2.14. The maximum absolute atomic E-state index is 4.74. The molecule has 24 heavy (non-hydrogen) atoms. The van der Waals surface area contributed by atoms with Crippen LogP contribution in [0.15, 0.2) is 36.5 Å². The number of nitrogens with zero attached hydrogens (tertiary/aromatic N) is 4. The van der Waals surface area contributed by atoms with E-state index < -0.39 is 0 Å². The Bertz CT molecular complexity index is 807. The smallest absolute Gasteiger partial charge is 0.168 e. The lowest BCUT2D eigenvalue weighted by molar-refractivity contribution is 0.573. The molecule has 1 aromatic carbocycles. The van der Waals surface area contributed by atoms with Gasteiger partial charge in [-0.2, -0.15) is 5.10 Å². The number of hydrogen-bond acceptors (Lipinski definition) is 5. The minimum absolute atomic E-state index is 0.286. The molecule has 0 fully saturated rings. The summed E-state index contributed by atoms with van der Waals surface area (Å²) in [6.45, 7) is 9.05. The molecule has 2 N–H and O–H groups in total. The van der Waals surface area contributed by atoms with Gasteiger partial charge in [-0.15, -0.1) is 0 Å². The minimum atomic E-state index is 0.286. The van der Waals surface area contributed by atoms with E-state index >= 15 is 0 Å². The molecule has 0 saturated heterocycles. The summed E-state index contributed by atoms with van der Waals surface area (Å²) in [6, 6.07) is 10.7. The van der Waals surface area contributed by atoms with Crippen LogP contribution in [0.4, 0.5) is 5.82 Å². The summed E-state index contributed by atoms with van der Waals surface area (Å²) in [7, 11) is 0. The molecule has 0 radical (unpaired) electrons. The lowest BCUT2D eigenvalue weighted by atomic mass is 10.3. The number of fused-ring (bicyclic) bond motifs is 1. The number of nitrogens with one attached hydrogen (secondary N) is 2. The van der Waals surface area contributed by atoms with Gasteiger partial charge in [0.15, 0.2) is 5.65 Å². The molecule has 0 amide bonds. The Labute approximate surface area is 142 Å². The molecule has 2 aromatic heterocycles.